The van der Waals surface area contributed by atoms with Crippen molar-refractivity contribution in [1.29, 1.82) is 0 Å². The average Bonchev–Trinajstić information content (AvgIpc) is 3.81. The summed E-state index contributed by atoms with van der Waals surface area (Å²) in [6.07, 6.45) is 3.29. The molecule has 2 aliphatic carbocycles. The van der Waals surface area contributed by atoms with Crippen molar-refractivity contribution in [2.45, 2.75) is 48.7 Å². The molecule has 2 aromatic carbocycles. The van der Waals surface area contributed by atoms with Gasteiger partial charge in [-0.05, 0) is 48.4 Å². The van der Waals surface area contributed by atoms with Crippen molar-refractivity contribution in [2.75, 3.05) is 4.90 Å². The Labute approximate surface area is 215 Å². The third-order valence-corrected chi connectivity index (χ3v) is 6.47. The first-order valence-corrected chi connectivity index (χ1v) is 12.1. The number of hydrogen-bond donors (Lipinski definition) is 1. The quantitative estimate of drug-likeness (QED) is 0.415. The molecule has 7 nitrogen and oxygen atoms in total. The number of halogens is 4. The van der Waals surface area contributed by atoms with Crippen LogP contribution in [0.1, 0.15) is 35.9 Å². The molecule has 1 N–H and O–H groups in total. The first-order chi connectivity index (χ1) is 17.8. The summed E-state index contributed by atoms with van der Waals surface area (Å²) in [5.41, 5.74) is -1.30. The van der Waals surface area contributed by atoms with Crippen LogP contribution in [0, 0.1) is 5.82 Å². The molecule has 0 spiro atoms. The number of ether oxygens (including phenoxy) is 1. The SMILES string of the molecule is O=C(NC1CC1c1cccc(F)c1)C(c1cncnc1)N(C(=O)C(F)Cl)c1ccc(OC2CC2F)cc1. The van der Waals surface area contributed by atoms with E-state index in [9.17, 15) is 22.8 Å². The maximum Gasteiger partial charge on any atom is 0.278 e. The Balaban J connectivity index is 1.42. The van der Waals surface area contributed by atoms with Crippen LogP contribution in [0.15, 0.2) is 67.3 Å². The molecule has 0 radical (unpaired) electrons. The Morgan fingerprint density at radius 1 is 1.11 bits per heavy atom. The Morgan fingerprint density at radius 2 is 1.81 bits per heavy atom. The van der Waals surface area contributed by atoms with Crippen LogP contribution in [0.4, 0.5) is 18.9 Å². The second-order valence-corrected chi connectivity index (χ2v) is 9.38. The normalized spacial score (nSPS) is 23.5. The molecule has 6 atom stereocenters. The molecule has 0 bridgehead atoms. The van der Waals surface area contributed by atoms with Gasteiger partial charge in [-0.1, -0.05) is 23.7 Å². The number of amides is 2. The first kappa shape index (κ1) is 25.0. The predicted molar refractivity (Wildman–Crippen MR) is 129 cm³/mol. The van der Waals surface area contributed by atoms with E-state index in [4.69, 9.17) is 16.3 Å². The molecule has 1 heterocycles. The molecule has 37 heavy (non-hydrogen) atoms. The standard InChI is InChI=1S/C26H22ClF3N4O3/c27-24(30)26(36)34(17-4-6-18(7-5-17)37-22-10-20(22)29)23(15-11-31-13-32-12-15)25(35)33-21-9-19(21)14-2-1-3-16(28)8-14/h1-8,11-13,19-24H,9-10H2,(H,33,35). The van der Waals surface area contributed by atoms with Crippen LogP contribution in [-0.2, 0) is 9.59 Å². The lowest BCUT2D eigenvalue weighted by atomic mass is 10.1. The molecule has 2 aliphatic rings. The summed E-state index contributed by atoms with van der Waals surface area (Å²) in [6.45, 7) is 0. The molecule has 11 heteroatoms. The summed E-state index contributed by atoms with van der Waals surface area (Å²) in [4.78, 5) is 35.4. The highest BCUT2D eigenvalue weighted by Crippen LogP contribution is 2.42. The highest BCUT2D eigenvalue weighted by Gasteiger charge is 2.44. The summed E-state index contributed by atoms with van der Waals surface area (Å²) in [7, 11) is 0. The zero-order valence-electron chi connectivity index (χ0n) is 19.3. The van der Waals surface area contributed by atoms with E-state index in [-0.39, 0.29) is 29.0 Å². The van der Waals surface area contributed by atoms with E-state index in [0.717, 1.165) is 10.5 Å². The zero-order valence-corrected chi connectivity index (χ0v) is 20.1. The molecule has 192 valence electrons. The van der Waals surface area contributed by atoms with Crippen LogP contribution in [-0.4, -0.2) is 45.7 Å². The Kier molecular flexibility index (Phi) is 7.01. The number of aromatic nitrogens is 2. The van der Waals surface area contributed by atoms with Crippen molar-refractivity contribution in [3.8, 4) is 5.75 Å². The van der Waals surface area contributed by atoms with E-state index in [0.29, 0.717) is 18.6 Å². The third kappa shape index (κ3) is 5.69. The first-order valence-electron chi connectivity index (χ1n) is 11.6. The van der Waals surface area contributed by atoms with Gasteiger partial charge in [-0.3, -0.25) is 14.5 Å². The average molecular weight is 531 g/mol. The minimum Gasteiger partial charge on any atom is -0.487 e. The number of carbonyl (C=O) groups is 2. The largest absolute Gasteiger partial charge is 0.487 e. The van der Waals surface area contributed by atoms with Crippen LogP contribution in [0.25, 0.3) is 0 Å². The minimum absolute atomic E-state index is 0.100. The highest BCUT2D eigenvalue weighted by molar-refractivity contribution is 6.32. The van der Waals surface area contributed by atoms with Crippen molar-refractivity contribution >= 4 is 29.1 Å². The lowest BCUT2D eigenvalue weighted by Gasteiger charge is -2.31. The summed E-state index contributed by atoms with van der Waals surface area (Å²) in [5, 5.41) is 2.87. The number of hydrogen-bond acceptors (Lipinski definition) is 5. The maximum atomic E-state index is 14.2. The second-order valence-electron chi connectivity index (χ2n) is 9.00. The van der Waals surface area contributed by atoms with E-state index >= 15 is 0 Å². The van der Waals surface area contributed by atoms with Crippen molar-refractivity contribution < 1.29 is 27.5 Å². The second kappa shape index (κ2) is 10.4. The van der Waals surface area contributed by atoms with Gasteiger partial charge < -0.3 is 10.1 Å². The number of nitrogens with one attached hydrogen (secondary N) is 1. The molecule has 0 saturated heterocycles. The highest BCUT2D eigenvalue weighted by atomic mass is 35.5. The van der Waals surface area contributed by atoms with E-state index < -0.39 is 35.8 Å². The van der Waals surface area contributed by atoms with Crippen molar-refractivity contribution in [2.24, 2.45) is 0 Å². The number of benzene rings is 2. The lowest BCUT2D eigenvalue weighted by Crippen LogP contribution is -2.46. The van der Waals surface area contributed by atoms with Gasteiger partial charge in [0.05, 0.1) is 0 Å². The molecular formula is C26H22ClF3N4O3. The van der Waals surface area contributed by atoms with Crippen LogP contribution >= 0.6 is 11.6 Å². The molecule has 2 saturated carbocycles. The zero-order chi connectivity index (χ0) is 26.1. The monoisotopic (exact) mass is 530 g/mol. The fraction of sp³-hybridized carbons (Fsp3) is 0.308. The molecule has 0 aliphatic heterocycles. The number of nitrogens with zero attached hydrogens (tertiary/aromatic N) is 3. The Hall–Kier alpha value is -3.66. The molecular weight excluding hydrogens is 509 g/mol. The van der Waals surface area contributed by atoms with Crippen LogP contribution < -0.4 is 15.0 Å². The van der Waals surface area contributed by atoms with Gasteiger partial charge in [-0.15, -0.1) is 0 Å². The Morgan fingerprint density at radius 3 is 2.43 bits per heavy atom. The summed E-state index contributed by atoms with van der Waals surface area (Å²) >= 11 is 5.55. The molecule has 2 amide bonds. The summed E-state index contributed by atoms with van der Waals surface area (Å²) < 4.78 is 46.5. The van der Waals surface area contributed by atoms with Gasteiger partial charge in [-0.2, -0.15) is 0 Å². The number of anilines is 1. The van der Waals surface area contributed by atoms with Gasteiger partial charge in [0, 0.05) is 42.0 Å². The summed E-state index contributed by atoms with van der Waals surface area (Å²) in [5.74, 6) is -1.89. The van der Waals surface area contributed by atoms with E-state index in [2.05, 4.69) is 15.3 Å². The maximum absolute atomic E-state index is 14.2. The van der Waals surface area contributed by atoms with Crippen LogP contribution in [0.5, 0.6) is 5.75 Å². The van der Waals surface area contributed by atoms with Crippen molar-refractivity contribution in [3.63, 3.8) is 0 Å². The topological polar surface area (TPSA) is 84.4 Å². The molecule has 1 aromatic heterocycles. The van der Waals surface area contributed by atoms with Crippen molar-refractivity contribution in [1.82, 2.24) is 15.3 Å². The Bertz CT molecular complexity index is 1280. The van der Waals surface area contributed by atoms with E-state index in [1.807, 2.05) is 0 Å². The third-order valence-electron chi connectivity index (χ3n) is 6.28. The van der Waals surface area contributed by atoms with Gasteiger partial charge >= 0.3 is 0 Å². The van der Waals surface area contributed by atoms with Crippen LogP contribution in [0.2, 0.25) is 0 Å². The van der Waals surface area contributed by atoms with E-state index in [1.54, 1.807) is 12.1 Å². The fourth-order valence-electron chi connectivity index (χ4n) is 4.23. The molecule has 3 aromatic rings. The molecule has 2 fully saturated rings. The smallest absolute Gasteiger partial charge is 0.278 e. The number of alkyl halides is 3. The van der Waals surface area contributed by atoms with Gasteiger partial charge in [0.2, 0.25) is 5.91 Å². The predicted octanol–water partition coefficient (Wildman–Crippen LogP) is 4.39. The van der Waals surface area contributed by atoms with E-state index in [1.165, 1.54) is 55.1 Å². The number of rotatable bonds is 9. The molecule has 5 rings (SSSR count). The van der Waals surface area contributed by atoms with Crippen LogP contribution in [0.3, 0.4) is 0 Å². The van der Waals surface area contributed by atoms with Gasteiger partial charge in [-0.25, -0.2) is 23.1 Å². The fourth-order valence-corrected chi connectivity index (χ4v) is 4.33. The number of carbonyl (C=O) groups excluding carboxylic acids is 2. The van der Waals surface area contributed by atoms with Gasteiger partial charge in [0.15, 0.2) is 0 Å². The van der Waals surface area contributed by atoms with Gasteiger partial charge in [0.1, 0.15) is 36.2 Å². The summed E-state index contributed by atoms with van der Waals surface area (Å²) in [6, 6.07) is 10.4. The van der Waals surface area contributed by atoms with Gasteiger partial charge in [0.25, 0.3) is 11.5 Å². The molecule has 6 unspecified atom stereocenters. The lowest BCUT2D eigenvalue weighted by molar-refractivity contribution is -0.127. The van der Waals surface area contributed by atoms with Crippen molar-refractivity contribution in [3.05, 3.63) is 84.2 Å². The minimum atomic E-state index is -2.43.